The molecule has 0 aliphatic heterocycles. The van der Waals surface area contributed by atoms with E-state index in [0.717, 1.165) is 0 Å². The van der Waals surface area contributed by atoms with Crippen LogP contribution in [0.3, 0.4) is 0 Å². The highest BCUT2D eigenvalue weighted by molar-refractivity contribution is 7.98. The number of nitrogens with zero attached hydrogens (tertiary/aromatic N) is 1. The first-order chi connectivity index (χ1) is 5.65. The fourth-order valence-electron chi connectivity index (χ4n) is 0.733. The molecule has 12 heavy (non-hydrogen) atoms. The van der Waals surface area contributed by atoms with Crippen LogP contribution in [0.2, 0.25) is 0 Å². The van der Waals surface area contributed by atoms with Gasteiger partial charge in [0.05, 0.1) is 0 Å². The van der Waals surface area contributed by atoms with Crippen LogP contribution in [0.25, 0.3) is 0 Å². The maximum atomic E-state index is 11.1. The van der Waals surface area contributed by atoms with Crippen molar-refractivity contribution >= 4 is 17.5 Å². The molecule has 0 aliphatic rings. The van der Waals surface area contributed by atoms with Crippen LogP contribution in [0, 0.1) is 0 Å². The number of aromatic nitrogens is 2. The number of carbonyl (C=O) groups excluding carboxylic acids is 1. The summed E-state index contributed by atoms with van der Waals surface area (Å²) in [5, 5.41) is 0.519. The molecule has 0 bridgehead atoms. The van der Waals surface area contributed by atoms with Crippen LogP contribution < -0.4 is 5.56 Å². The van der Waals surface area contributed by atoms with Crippen LogP contribution in [-0.4, -0.2) is 22.0 Å². The summed E-state index contributed by atoms with van der Waals surface area (Å²) >= 11 is 1.33. The third-order valence-corrected chi connectivity index (χ3v) is 1.94. The average Bonchev–Trinajstić information content (AvgIpc) is 2.03. The van der Waals surface area contributed by atoms with Gasteiger partial charge in [-0.1, -0.05) is 11.8 Å². The topological polar surface area (TPSA) is 62.8 Å². The third-order valence-electron chi connectivity index (χ3n) is 1.35. The Morgan fingerprint density at radius 2 is 2.33 bits per heavy atom. The van der Waals surface area contributed by atoms with Crippen molar-refractivity contribution in [2.24, 2.45) is 0 Å². The molecule has 0 saturated heterocycles. The maximum absolute atomic E-state index is 11.1. The smallest absolute Gasteiger partial charge is 0.262 e. The first-order valence-electron chi connectivity index (χ1n) is 3.29. The Morgan fingerprint density at radius 3 is 2.75 bits per heavy atom. The minimum Gasteiger partial charge on any atom is -0.301 e. The SMILES string of the molecule is CSc1ncc(C(C)=O)c(=O)[nH]1. The fourth-order valence-corrected chi connectivity index (χ4v) is 1.09. The van der Waals surface area contributed by atoms with Gasteiger partial charge in [0.1, 0.15) is 5.56 Å². The Morgan fingerprint density at radius 1 is 1.67 bits per heavy atom. The summed E-state index contributed by atoms with van der Waals surface area (Å²) in [5.41, 5.74) is -0.269. The molecule has 0 spiro atoms. The summed E-state index contributed by atoms with van der Waals surface area (Å²) < 4.78 is 0. The van der Waals surface area contributed by atoms with Gasteiger partial charge in [0, 0.05) is 6.20 Å². The molecule has 0 atom stereocenters. The second-order valence-electron chi connectivity index (χ2n) is 2.19. The number of ketones is 1. The van der Waals surface area contributed by atoms with Gasteiger partial charge in [0.15, 0.2) is 10.9 Å². The Balaban J connectivity index is 3.21. The Labute approximate surface area is 73.4 Å². The van der Waals surface area contributed by atoms with Crippen LogP contribution in [0.4, 0.5) is 0 Å². The van der Waals surface area contributed by atoms with Crippen molar-refractivity contribution in [2.45, 2.75) is 12.1 Å². The summed E-state index contributed by atoms with van der Waals surface area (Å²) in [6.07, 6.45) is 3.10. The van der Waals surface area contributed by atoms with Gasteiger partial charge in [0.2, 0.25) is 0 Å². The lowest BCUT2D eigenvalue weighted by atomic mass is 10.2. The molecule has 1 N–H and O–H groups in total. The standard InChI is InChI=1S/C7H8N2O2S/c1-4(10)5-3-8-7(12-2)9-6(5)11/h3H,1-2H3,(H,8,9,11). The van der Waals surface area contributed by atoms with Crippen molar-refractivity contribution < 1.29 is 4.79 Å². The molecule has 0 unspecified atom stereocenters. The van der Waals surface area contributed by atoms with Crippen LogP contribution in [0.5, 0.6) is 0 Å². The molecule has 0 radical (unpaired) electrons. The summed E-state index contributed by atoms with van der Waals surface area (Å²) in [4.78, 5) is 28.3. The van der Waals surface area contributed by atoms with E-state index in [1.807, 2.05) is 0 Å². The number of aromatic amines is 1. The molecule has 0 amide bonds. The largest absolute Gasteiger partial charge is 0.301 e. The Bertz CT molecular complexity index is 359. The molecule has 5 heteroatoms. The number of nitrogens with one attached hydrogen (secondary N) is 1. The van der Waals surface area contributed by atoms with Crippen LogP contribution in [-0.2, 0) is 0 Å². The maximum Gasteiger partial charge on any atom is 0.262 e. The molecule has 0 aliphatic carbocycles. The summed E-state index contributed by atoms with van der Waals surface area (Å²) in [6.45, 7) is 1.34. The van der Waals surface area contributed by atoms with Crippen molar-refractivity contribution in [1.29, 1.82) is 0 Å². The second kappa shape index (κ2) is 3.53. The molecule has 0 saturated carbocycles. The minimum absolute atomic E-state index is 0.104. The lowest BCUT2D eigenvalue weighted by molar-refractivity contribution is 0.101. The molecular formula is C7H8N2O2S. The van der Waals surface area contributed by atoms with Gasteiger partial charge < -0.3 is 4.98 Å². The van der Waals surface area contributed by atoms with Crippen molar-refractivity contribution in [3.63, 3.8) is 0 Å². The molecular weight excluding hydrogens is 176 g/mol. The van der Waals surface area contributed by atoms with Gasteiger partial charge in [-0.15, -0.1) is 0 Å². The molecule has 4 nitrogen and oxygen atoms in total. The van der Waals surface area contributed by atoms with Crippen LogP contribution >= 0.6 is 11.8 Å². The zero-order valence-corrected chi connectivity index (χ0v) is 7.57. The van der Waals surface area contributed by atoms with E-state index in [9.17, 15) is 9.59 Å². The second-order valence-corrected chi connectivity index (χ2v) is 2.99. The van der Waals surface area contributed by atoms with Gasteiger partial charge in [0.25, 0.3) is 5.56 Å². The van der Waals surface area contributed by atoms with E-state index < -0.39 is 0 Å². The molecule has 1 rings (SSSR count). The van der Waals surface area contributed by atoms with E-state index in [1.165, 1.54) is 24.9 Å². The average molecular weight is 184 g/mol. The van der Waals surface area contributed by atoms with Gasteiger partial charge in [-0.3, -0.25) is 9.59 Å². The highest BCUT2D eigenvalue weighted by atomic mass is 32.2. The number of hydrogen-bond donors (Lipinski definition) is 1. The lowest BCUT2D eigenvalue weighted by Gasteiger charge is -1.95. The number of rotatable bonds is 2. The zero-order valence-electron chi connectivity index (χ0n) is 6.75. The molecule has 0 aromatic carbocycles. The van der Waals surface area contributed by atoms with Crippen molar-refractivity contribution in [3.05, 3.63) is 22.1 Å². The summed E-state index contributed by atoms with van der Waals surface area (Å²) in [6, 6.07) is 0. The highest BCUT2D eigenvalue weighted by Gasteiger charge is 2.05. The lowest BCUT2D eigenvalue weighted by Crippen LogP contribution is -2.17. The van der Waals surface area contributed by atoms with Crippen molar-refractivity contribution in [2.75, 3.05) is 6.26 Å². The number of hydrogen-bond acceptors (Lipinski definition) is 4. The third kappa shape index (κ3) is 1.73. The van der Waals surface area contributed by atoms with Gasteiger partial charge >= 0.3 is 0 Å². The Hall–Kier alpha value is -1.10. The van der Waals surface area contributed by atoms with E-state index in [1.54, 1.807) is 6.26 Å². The van der Waals surface area contributed by atoms with Crippen LogP contribution in [0.1, 0.15) is 17.3 Å². The van der Waals surface area contributed by atoms with E-state index >= 15 is 0 Å². The molecule has 0 fully saturated rings. The van der Waals surface area contributed by atoms with Crippen molar-refractivity contribution in [3.8, 4) is 0 Å². The van der Waals surface area contributed by atoms with Gasteiger partial charge in [-0.2, -0.15) is 0 Å². The number of thioether (sulfide) groups is 1. The van der Waals surface area contributed by atoms with Crippen LogP contribution in [0.15, 0.2) is 16.1 Å². The number of carbonyl (C=O) groups is 1. The normalized spacial score (nSPS) is 9.83. The summed E-state index contributed by atoms with van der Waals surface area (Å²) in [7, 11) is 0. The molecule has 64 valence electrons. The number of H-pyrrole nitrogens is 1. The number of Topliss-reactive ketones (excluding diaryl/α,β-unsaturated/α-hetero) is 1. The minimum atomic E-state index is -0.373. The van der Waals surface area contributed by atoms with E-state index in [4.69, 9.17) is 0 Å². The molecule has 1 aromatic rings. The molecule has 1 heterocycles. The zero-order chi connectivity index (χ0) is 9.14. The van der Waals surface area contributed by atoms with Gasteiger partial charge in [-0.05, 0) is 13.2 Å². The highest BCUT2D eigenvalue weighted by Crippen LogP contribution is 2.03. The predicted molar refractivity (Wildman–Crippen MR) is 46.6 cm³/mol. The van der Waals surface area contributed by atoms with Gasteiger partial charge in [-0.25, -0.2) is 4.98 Å². The van der Waals surface area contributed by atoms with Crippen molar-refractivity contribution in [1.82, 2.24) is 9.97 Å². The van der Waals surface area contributed by atoms with E-state index in [-0.39, 0.29) is 16.9 Å². The fraction of sp³-hybridized carbons (Fsp3) is 0.286. The molecule has 1 aromatic heterocycles. The monoisotopic (exact) mass is 184 g/mol. The Kier molecular flexibility index (Phi) is 2.65. The van der Waals surface area contributed by atoms with E-state index in [0.29, 0.717) is 5.16 Å². The van der Waals surface area contributed by atoms with E-state index in [2.05, 4.69) is 9.97 Å². The predicted octanol–water partition coefficient (Wildman–Crippen LogP) is 0.694. The first-order valence-corrected chi connectivity index (χ1v) is 4.52. The first kappa shape index (κ1) is 8.99. The summed E-state index contributed by atoms with van der Waals surface area (Å²) in [5.74, 6) is -0.267. The quantitative estimate of drug-likeness (QED) is 0.417.